The van der Waals surface area contributed by atoms with Gasteiger partial charge in [-0.2, -0.15) is 13.2 Å². The van der Waals surface area contributed by atoms with Gasteiger partial charge < -0.3 is 19.5 Å². The van der Waals surface area contributed by atoms with E-state index in [1.165, 1.54) is 37.7 Å². The number of halogens is 4. The standard InChI is InChI=1S/C25H32BrN5O3.C2HF3O2/c1-29(2)18-10-12-30(13-11-18)21(32)15-31-20-14-17(24-27-25(33)34-28-24)8-9-19(20)22(23(31)26)16-6-4-3-5-7-16;3-2(4,5)1(6)7/h8-9,14,16,18H,3-7,10-13,15H2,1-2H3,(H,27,28,33);(H,6,7). The van der Waals surface area contributed by atoms with Crippen LogP contribution in [0.25, 0.3) is 22.3 Å². The van der Waals surface area contributed by atoms with Crippen LogP contribution in [0.1, 0.15) is 56.4 Å². The maximum absolute atomic E-state index is 13.4. The number of carbonyl (C=O) groups is 2. The van der Waals surface area contributed by atoms with Crippen LogP contribution in [-0.2, 0) is 16.1 Å². The molecule has 10 nitrogen and oxygen atoms in total. The number of aromatic amines is 1. The van der Waals surface area contributed by atoms with E-state index in [0.717, 1.165) is 47.0 Å². The molecule has 1 saturated heterocycles. The number of carbonyl (C=O) groups excluding carboxylic acids is 1. The lowest BCUT2D eigenvalue weighted by Gasteiger charge is -2.35. The minimum atomic E-state index is -5.08. The van der Waals surface area contributed by atoms with Gasteiger partial charge in [-0.05, 0) is 73.3 Å². The summed E-state index contributed by atoms with van der Waals surface area (Å²) in [5.41, 5.74) is 3.04. The Labute approximate surface area is 242 Å². The number of hydrogen-bond acceptors (Lipinski definition) is 6. The number of benzene rings is 1. The number of piperidine rings is 1. The summed E-state index contributed by atoms with van der Waals surface area (Å²) in [6, 6.07) is 6.60. The van der Waals surface area contributed by atoms with E-state index in [2.05, 4.69) is 55.7 Å². The first-order valence-corrected chi connectivity index (χ1v) is 14.3. The molecular weight excluding hydrogens is 611 g/mol. The van der Waals surface area contributed by atoms with Crippen molar-refractivity contribution in [2.24, 2.45) is 0 Å². The summed E-state index contributed by atoms with van der Waals surface area (Å²) in [7, 11) is 4.22. The molecule has 5 rings (SSSR count). The van der Waals surface area contributed by atoms with Crippen LogP contribution in [0.4, 0.5) is 13.2 Å². The van der Waals surface area contributed by atoms with Gasteiger partial charge in [0.25, 0.3) is 0 Å². The Balaban J connectivity index is 0.000000493. The maximum Gasteiger partial charge on any atom is 0.490 e. The molecule has 3 aromatic rings. The number of fused-ring (bicyclic) bond motifs is 1. The molecule has 0 bridgehead atoms. The minimum absolute atomic E-state index is 0.144. The normalized spacial score (nSPS) is 17.1. The lowest BCUT2D eigenvalue weighted by Crippen LogP contribution is -2.45. The first-order valence-electron chi connectivity index (χ1n) is 13.5. The molecule has 0 unspecified atom stereocenters. The predicted octanol–water partition coefficient (Wildman–Crippen LogP) is 4.98. The number of H-pyrrole nitrogens is 1. The second-order valence-corrected chi connectivity index (χ2v) is 11.4. The van der Waals surface area contributed by atoms with Gasteiger partial charge in [0.15, 0.2) is 5.82 Å². The number of nitrogens with zero attached hydrogens (tertiary/aromatic N) is 4. The Kier molecular flexibility index (Phi) is 9.62. The molecule has 2 aromatic heterocycles. The van der Waals surface area contributed by atoms with Crippen molar-refractivity contribution in [2.75, 3.05) is 27.2 Å². The fourth-order valence-electron chi connectivity index (χ4n) is 5.65. The zero-order valence-electron chi connectivity index (χ0n) is 22.8. The highest BCUT2D eigenvalue weighted by molar-refractivity contribution is 9.10. The second kappa shape index (κ2) is 12.8. The summed E-state index contributed by atoms with van der Waals surface area (Å²) >= 11 is 3.89. The Morgan fingerprint density at radius 3 is 2.32 bits per heavy atom. The summed E-state index contributed by atoms with van der Waals surface area (Å²) in [4.78, 5) is 40.7. The SMILES string of the molecule is CN(C)C1CCN(C(=O)Cn2c(Br)c(C3CCCCC3)c3ccc(-c4noc(=O)[nH]4)cc32)CC1.O=C(O)C(F)(F)F. The van der Waals surface area contributed by atoms with E-state index in [1.807, 2.05) is 17.0 Å². The summed E-state index contributed by atoms with van der Waals surface area (Å²) in [5.74, 6) is -2.31. The Morgan fingerprint density at radius 1 is 1.15 bits per heavy atom. The molecule has 41 heavy (non-hydrogen) atoms. The van der Waals surface area contributed by atoms with Crippen molar-refractivity contribution in [3.05, 3.63) is 38.9 Å². The van der Waals surface area contributed by atoms with Gasteiger partial charge in [0.1, 0.15) is 6.54 Å². The van der Waals surface area contributed by atoms with E-state index < -0.39 is 17.9 Å². The van der Waals surface area contributed by atoms with Gasteiger partial charge in [-0.15, -0.1) is 0 Å². The minimum Gasteiger partial charge on any atom is -0.475 e. The molecular formula is C27H33BrF3N5O5. The number of aliphatic carboxylic acids is 1. The maximum atomic E-state index is 13.4. The molecule has 2 fully saturated rings. The number of carboxylic acids is 1. The molecule has 1 aliphatic carbocycles. The fraction of sp³-hybridized carbons (Fsp3) is 0.556. The Morgan fingerprint density at radius 2 is 1.78 bits per heavy atom. The highest BCUT2D eigenvalue weighted by atomic mass is 79.9. The van der Waals surface area contributed by atoms with Gasteiger partial charge in [0, 0.05) is 30.1 Å². The number of rotatable bonds is 5. The van der Waals surface area contributed by atoms with Crippen molar-refractivity contribution in [2.45, 2.75) is 69.6 Å². The molecule has 1 aromatic carbocycles. The van der Waals surface area contributed by atoms with E-state index in [-0.39, 0.29) is 12.5 Å². The molecule has 3 heterocycles. The smallest absolute Gasteiger partial charge is 0.475 e. The third kappa shape index (κ3) is 7.21. The summed E-state index contributed by atoms with van der Waals surface area (Å²) in [6.45, 7) is 1.87. The molecule has 0 atom stereocenters. The Bertz CT molecular complexity index is 1430. The zero-order valence-corrected chi connectivity index (χ0v) is 24.4. The van der Waals surface area contributed by atoms with Crippen molar-refractivity contribution < 1.29 is 32.4 Å². The first kappa shape index (κ1) is 30.8. The van der Waals surface area contributed by atoms with Gasteiger partial charge in [-0.1, -0.05) is 36.6 Å². The van der Waals surface area contributed by atoms with Crippen LogP contribution in [0.15, 0.2) is 32.1 Å². The predicted molar refractivity (Wildman–Crippen MR) is 149 cm³/mol. The number of nitrogens with one attached hydrogen (secondary N) is 1. The fourth-order valence-corrected chi connectivity index (χ4v) is 6.50. The van der Waals surface area contributed by atoms with Gasteiger partial charge in [0.05, 0.1) is 10.1 Å². The van der Waals surface area contributed by atoms with Gasteiger partial charge in [-0.25, -0.2) is 9.59 Å². The molecule has 1 saturated carbocycles. The van der Waals surface area contributed by atoms with E-state index >= 15 is 0 Å². The van der Waals surface area contributed by atoms with Crippen LogP contribution in [0.3, 0.4) is 0 Å². The molecule has 1 amide bonds. The monoisotopic (exact) mass is 643 g/mol. The van der Waals surface area contributed by atoms with E-state index in [9.17, 15) is 22.8 Å². The van der Waals surface area contributed by atoms with E-state index in [4.69, 9.17) is 14.4 Å². The number of amides is 1. The molecule has 2 N–H and O–H groups in total. The van der Waals surface area contributed by atoms with Crippen molar-refractivity contribution >= 4 is 38.7 Å². The molecule has 14 heteroatoms. The third-order valence-corrected chi connectivity index (χ3v) is 8.70. The van der Waals surface area contributed by atoms with E-state index in [0.29, 0.717) is 17.8 Å². The van der Waals surface area contributed by atoms with Crippen molar-refractivity contribution in [1.29, 1.82) is 0 Å². The van der Waals surface area contributed by atoms with Crippen LogP contribution in [0.5, 0.6) is 0 Å². The average Bonchev–Trinajstić information content (AvgIpc) is 3.49. The topological polar surface area (TPSA) is 125 Å². The largest absolute Gasteiger partial charge is 0.490 e. The molecule has 2 aliphatic rings. The average molecular weight is 644 g/mol. The summed E-state index contributed by atoms with van der Waals surface area (Å²) in [6.07, 6.45) is 3.03. The van der Waals surface area contributed by atoms with Crippen molar-refractivity contribution in [3.63, 3.8) is 0 Å². The molecule has 1 aliphatic heterocycles. The van der Waals surface area contributed by atoms with Gasteiger partial charge in [-0.3, -0.25) is 14.3 Å². The highest BCUT2D eigenvalue weighted by Gasteiger charge is 2.38. The molecule has 224 valence electrons. The lowest BCUT2D eigenvalue weighted by atomic mass is 9.84. The number of aromatic nitrogens is 3. The third-order valence-electron chi connectivity index (χ3n) is 7.85. The quantitative estimate of drug-likeness (QED) is 0.402. The number of hydrogen-bond donors (Lipinski definition) is 2. The van der Waals surface area contributed by atoms with Crippen LogP contribution in [0.2, 0.25) is 0 Å². The zero-order chi connectivity index (χ0) is 29.9. The van der Waals surface area contributed by atoms with Crippen LogP contribution in [-0.4, -0.2) is 80.9 Å². The molecule has 0 spiro atoms. The highest BCUT2D eigenvalue weighted by Crippen LogP contribution is 2.43. The van der Waals surface area contributed by atoms with Crippen molar-refractivity contribution in [3.8, 4) is 11.4 Å². The number of likely N-dealkylation sites (tertiary alicyclic amines) is 1. The van der Waals surface area contributed by atoms with Crippen LogP contribution >= 0.6 is 15.9 Å². The number of alkyl halides is 3. The van der Waals surface area contributed by atoms with Crippen molar-refractivity contribution in [1.82, 2.24) is 24.5 Å². The molecule has 0 radical (unpaired) electrons. The summed E-state index contributed by atoms with van der Waals surface area (Å²) < 4.78 is 39.5. The first-order chi connectivity index (χ1) is 19.4. The summed E-state index contributed by atoms with van der Waals surface area (Å²) in [5, 5.41) is 12.1. The second-order valence-electron chi connectivity index (χ2n) is 10.7. The lowest BCUT2D eigenvalue weighted by molar-refractivity contribution is -0.192. The van der Waals surface area contributed by atoms with Gasteiger partial charge >= 0.3 is 17.9 Å². The van der Waals surface area contributed by atoms with Crippen LogP contribution in [0, 0.1) is 0 Å². The van der Waals surface area contributed by atoms with E-state index in [1.54, 1.807) is 0 Å². The number of carboxylic acid groups (broad SMARTS) is 1. The van der Waals surface area contributed by atoms with Crippen LogP contribution < -0.4 is 5.76 Å². The Hall–Kier alpha value is -3.13. The van der Waals surface area contributed by atoms with Gasteiger partial charge in [0.2, 0.25) is 5.91 Å².